The van der Waals surface area contributed by atoms with Crippen molar-refractivity contribution < 1.29 is 9.26 Å². The van der Waals surface area contributed by atoms with E-state index in [1.807, 2.05) is 44.2 Å². The summed E-state index contributed by atoms with van der Waals surface area (Å²) >= 11 is 0. The molecule has 0 N–H and O–H groups in total. The van der Waals surface area contributed by atoms with Crippen LogP contribution in [0, 0.1) is 13.8 Å². The monoisotopic (exact) mass is 254 g/mol. The lowest BCUT2D eigenvalue weighted by atomic mass is 10.2. The minimum absolute atomic E-state index is 0.441. The summed E-state index contributed by atoms with van der Waals surface area (Å²) < 4.78 is 11.0. The van der Waals surface area contributed by atoms with Gasteiger partial charge in [0.25, 0.3) is 0 Å². The standard InChI is InChI=1S/C15H14N2O2/c1-10-13(11(2)19-17-10)9-18-14-7-3-5-12-6-4-8-16-15(12)14/h3-8H,9H2,1-2H3. The first kappa shape index (κ1) is 11.7. The van der Waals surface area contributed by atoms with Crippen LogP contribution < -0.4 is 4.74 Å². The minimum Gasteiger partial charge on any atom is -0.486 e. The van der Waals surface area contributed by atoms with E-state index in [0.717, 1.165) is 33.7 Å². The molecule has 0 saturated heterocycles. The highest BCUT2D eigenvalue weighted by atomic mass is 16.5. The Hall–Kier alpha value is -2.36. The molecule has 0 aliphatic carbocycles. The highest BCUT2D eigenvalue weighted by molar-refractivity contribution is 5.84. The van der Waals surface area contributed by atoms with Gasteiger partial charge in [0.1, 0.15) is 23.6 Å². The SMILES string of the molecule is Cc1noc(C)c1COc1cccc2cccnc12. The number of ether oxygens (including phenoxy) is 1. The van der Waals surface area contributed by atoms with Crippen LogP contribution in [0.2, 0.25) is 0 Å². The van der Waals surface area contributed by atoms with E-state index >= 15 is 0 Å². The molecule has 2 heterocycles. The summed E-state index contributed by atoms with van der Waals surface area (Å²) in [6.07, 6.45) is 1.77. The first-order valence-corrected chi connectivity index (χ1v) is 6.14. The summed E-state index contributed by atoms with van der Waals surface area (Å²) in [5.41, 5.74) is 2.73. The van der Waals surface area contributed by atoms with E-state index in [1.165, 1.54) is 0 Å². The fourth-order valence-corrected chi connectivity index (χ4v) is 2.05. The summed E-state index contributed by atoms with van der Waals surface area (Å²) in [4.78, 5) is 4.36. The molecule has 2 aromatic heterocycles. The lowest BCUT2D eigenvalue weighted by Crippen LogP contribution is -1.98. The van der Waals surface area contributed by atoms with Crippen molar-refractivity contribution in [2.24, 2.45) is 0 Å². The van der Waals surface area contributed by atoms with Crippen LogP contribution in [0.1, 0.15) is 17.0 Å². The lowest BCUT2D eigenvalue weighted by molar-refractivity contribution is 0.305. The Morgan fingerprint density at radius 1 is 1.16 bits per heavy atom. The Morgan fingerprint density at radius 2 is 2.00 bits per heavy atom. The molecule has 96 valence electrons. The normalized spacial score (nSPS) is 10.8. The molecule has 3 aromatic rings. The molecule has 0 amide bonds. The molecule has 0 unspecified atom stereocenters. The van der Waals surface area contributed by atoms with Crippen LogP contribution in [-0.2, 0) is 6.61 Å². The first-order valence-electron chi connectivity index (χ1n) is 6.14. The molecule has 0 aliphatic rings. The van der Waals surface area contributed by atoms with Gasteiger partial charge in [-0.3, -0.25) is 4.98 Å². The number of nitrogens with zero attached hydrogens (tertiary/aromatic N) is 2. The van der Waals surface area contributed by atoms with E-state index in [9.17, 15) is 0 Å². The van der Waals surface area contributed by atoms with Gasteiger partial charge in [-0.2, -0.15) is 0 Å². The highest BCUT2D eigenvalue weighted by Crippen LogP contribution is 2.24. The minimum atomic E-state index is 0.441. The van der Waals surface area contributed by atoms with Crippen LogP contribution in [0.25, 0.3) is 10.9 Å². The smallest absolute Gasteiger partial charge is 0.146 e. The number of benzene rings is 1. The van der Waals surface area contributed by atoms with Crippen molar-refractivity contribution in [3.8, 4) is 5.75 Å². The van der Waals surface area contributed by atoms with Crippen LogP contribution in [-0.4, -0.2) is 10.1 Å². The zero-order valence-electron chi connectivity index (χ0n) is 10.9. The van der Waals surface area contributed by atoms with E-state index in [0.29, 0.717) is 6.61 Å². The van der Waals surface area contributed by atoms with Gasteiger partial charge < -0.3 is 9.26 Å². The zero-order chi connectivity index (χ0) is 13.2. The van der Waals surface area contributed by atoms with E-state index in [4.69, 9.17) is 9.26 Å². The predicted molar refractivity (Wildman–Crippen MR) is 72.1 cm³/mol. The number of pyridine rings is 1. The molecular formula is C15H14N2O2. The molecule has 0 bridgehead atoms. The zero-order valence-corrected chi connectivity index (χ0v) is 10.9. The van der Waals surface area contributed by atoms with Gasteiger partial charge >= 0.3 is 0 Å². The largest absolute Gasteiger partial charge is 0.486 e. The van der Waals surface area contributed by atoms with Crippen molar-refractivity contribution in [1.29, 1.82) is 0 Å². The fraction of sp³-hybridized carbons (Fsp3) is 0.200. The molecule has 1 aromatic carbocycles. The number of rotatable bonds is 3. The number of hydrogen-bond donors (Lipinski definition) is 0. The van der Waals surface area contributed by atoms with Crippen molar-refractivity contribution in [2.45, 2.75) is 20.5 Å². The number of para-hydroxylation sites is 1. The van der Waals surface area contributed by atoms with E-state index in [1.54, 1.807) is 6.20 Å². The van der Waals surface area contributed by atoms with Crippen LogP contribution in [0.3, 0.4) is 0 Å². The van der Waals surface area contributed by atoms with Crippen LogP contribution in [0.5, 0.6) is 5.75 Å². The van der Waals surface area contributed by atoms with Crippen LogP contribution in [0.15, 0.2) is 41.1 Å². The molecule has 4 heteroatoms. The Labute approximate surface area is 111 Å². The van der Waals surface area contributed by atoms with Crippen molar-refractivity contribution in [3.05, 3.63) is 53.5 Å². The van der Waals surface area contributed by atoms with Gasteiger partial charge in [-0.05, 0) is 26.0 Å². The lowest BCUT2D eigenvalue weighted by Gasteiger charge is -2.08. The second kappa shape index (κ2) is 4.72. The second-order valence-electron chi connectivity index (χ2n) is 4.42. The third-order valence-corrected chi connectivity index (χ3v) is 3.15. The molecule has 0 fully saturated rings. The molecule has 3 rings (SSSR count). The summed E-state index contributed by atoms with van der Waals surface area (Å²) in [5, 5.41) is 4.99. The first-order chi connectivity index (χ1) is 9.25. The van der Waals surface area contributed by atoms with Gasteiger partial charge in [-0.25, -0.2) is 0 Å². The second-order valence-corrected chi connectivity index (χ2v) is 4.42. The summed E-state index contributed by atoms with van der Waals surface area (Å²) in [5.74, 6) is 1.57. The maximum absolute atomic E-state index is 5.86. The van der Waals surface area contributed by atoms with Gasteiger partial charge in [0, 0.05) is 11.6 Å². The molecule has 0 spiro atoms. The van der Waals surface area contributed by atoms with E-state index in [2.05, 4.69) is 10.1 Å². The highest BCUT2D eigenvalue weighted by Gasteiger charge is 2.10. The molecule has 0 atom stereocenters. The Balaban J connectivity index is 1.90. The number of hydrogen-bond acceptors (Lipinski definition) is 4. The average Bonchev–Trinajstić information content (AvgIpc) is 2.76. The van der Waals surface area contributed by atoms with Gasteiger partial charge in [-0.1, -0.05) is 23.4 Å². The Bertz CT molecular complexity index is 694. The number of aromatic nitrogens is 2. The Morgan fingerprint density at radius 3 is 2.79 bits per heavy atom. The van der Waals surface area contributed by atoms with Gasteiger partial charge in [-0.15, -0.1) is 0 Å². The summed E-state index contributed by atoms with van der Waals surface area (Å²) in [6, 6.07) is 9.84. The van der Waals surface area contributed by atoms with Gasteiger partial charge in [0.2, 0.25) is 0 Å². The van der Waals surface area contributed by atoms with Crippen LogP contribution in [0.4, 0.5) is 0 Å². The van der Waals surface area contributed by atoms with Gasteiger partial charge in [0.15, 0.2) is 0 Å². The van der Waals surface area contributed by atoms with Crippen molar-refractivity contribution in [1.82, 2.24) is 10.1 Å². The maximum atomic E-state index is 5.86. The topological polar surface area (TPSA) is 48.2 Å². The van der Waals surface area contributed by atoms with Crippen molar-refractivity contribution in [2.75, 3.05) is 0 Å². The quantitative estimate of drug-likeness (QED) is 0.718. The fourth-order valence-electron chi connectivity index (χ4n) is 2.05. The molecular weight excluding hydrogens is 240 g/mol. The van der Waals surface area contributed by atoms with E-state index < -0.39 is 0 Å². The summed E-state index contributed by atoms with van der Waals surface area (Å²) in [6.45, 7) is 4.24. The average molecular weight is 254 g/mol. The third-order valence-electron chi connectivity index (χ3n) is 3.15. The maximum Gasteiger partial charge on any atom is 0.146 e. The summed E-state index contributed by atoms with van der Waals surface area (Å²) in [7, 11) is 0. The van der Waals surface area contributed by atoms with Crippen molar-refractivity contribution in [3.63, 3.8) is 0 Å². The van der Waals surface area contributed by atoms with Crippen LogP contribution >= 0.6 is 0 Å². The molecule has 0 aliphatic heterocycles. The Kier molecular flexibility index (Phi) is 2.91. The van der Waals surface area contributed by atoms with Gasteiger partial charge in [0.05, 0.1) is 11.3 Å². The molecule has 4 nitrogen and oxygen atoms in total. The molecule has 0 radical (unpaired) electrons. The predicted octanol–water partition coefficient (Wildman–Crippen LogP) is 3.42. The number of fused-ring (bicyclic) bond motifs is 1. The third kappa shape index (κ3) is 2.17. The van der Waals surface area contributed by atoms with E-state index in [-0.39, 0.29) is 0 Å². The van der Waals surface area contributed by atoms with Crippen molar-refractivity contribution >= 4 is 10.9 Å². The molecule has 0 saturated carbocycles. The molecule has 19 heavy (non-hydrogen) atoms. The number of aryl methyl sites for hydroxylation is 2.